The van der Waals surface area contributed by atoms with E-state index in [0.29, 0.717) is 5.75 Å². The van der Waals surface area contributed by atoms with Gasteiger partial charge >= 0.3 is 12.0 Å². The van der Waals surface area contributed by atoms with Gasteiger partial charge in [0.15, 0.2) is 0 Å². The zero-order valence-corrected chi connectivity index (χ0v) is 10.6. The van der Waals surface area contributed by atoms with Gasteiger partial charge in [0.25, 0.3) is 0 Å². The monoisotopic (exact) mass is 270 g/mol. The predicted molar refractivity (Wildman–Crippen MR) is 66.8 cm³/mol. The molecule has 1 aromatic rings. The molecule has 0 heterocycles. The molecule has 0 radical (unpaired) electrons. The van der Waals surface area contributed by atoms with Crippen molar-refractivity contribution in [2.45, 2.75) is 6.92 Å². The number of anilines is 1. The van der Waals surface area contributed by atoms with Crippen LogP contribution in [0.5, 0.6) is 5.75 Å². The van der Waals surface area contributed by atoms with Crippen LogP contribution >= 0.6 is 0 Å². The van der Waals surface area contributed by atoms with Crippen molar-refractivity contribution in [3.63, 3.8) is 0 Å². The van der Waals surface area contributed by atoms with Crippen molar-refractivity contribution in [1.29, 1.82) is 0 Å². The maximum atomic E-state index is 13.4. The highest BCUT2D eigenvalue weighted by atomic mass is 19.1. The Morgan fingerprint density at radius 1 is 1.47 bits per heavy atom. The predicted octanol–water partition coefficient (Wildman–Crippen LogP) is 1.68. The van der Waals surface area contributed by atoms with Gasteiger partial charge in [0.2, 0.25) is 0 Å². The van der Waals surface area contributed by atoms with E-state index in [4.69, 9.17) is 9.84 Å². The molecule has 19 heavy (non-hydrogen) atoms. The third kappa shape index (κ3) is 4.46. The van der Waals surface area contributed by atoms with Crippen LogP contribution in [0.3, 0.4) is 0 Å². The number of carboxylic acids is 1. The molecule has 104 valence electrons. The van der Waals surface area contributed by atoms with Gasteiger partial charge in [0, 0.05) is 12.6 Å². The maximum absolute atomic E-state index is 13.4. The average Bonchev–Trinajstić information content (AvgIpc) is 2.38. The molecular formula is C12H15FN2O4. The van der Waals surface area contributed by atoms with Gasteiger partial charge in [-0.1, -0.05) is 6.92 Å². The van der Waals surface area contributed by atoms with Crippen molar-refractivity contribution in [3.05, 3.63) is 24.0 Å². The van der Waals surface area contributed by atoms with E-state index in [2.05, 4.69) is 10.6 Å². The Bertz CT molecular complexity index is 479. The number of nitrogens with one attached hydrogen (secondary N) is 2. The minimum atomic E-state index is -1.02. The summed E-state index contributed by atoms with van der Waals surface area (Å²) in [7, 11) is 1.42. The number of methoxy groups -OCH3 is 1. The summed E-state index contributed by atoms with van der Waals surface area (Å²) in [5.41, 5.74) is -0.0418. The molecule has 0 aliphatic heterocycles. The van der Waals surface area contributed by atoms with Crippen LogP contribution in [0.2, 0.25) is 0 Å². The zero-order chi connectivity index (χ0) is 14.4. The number of carboxylic acid groups (broad SMARTS) is 1. The van der Waals surface area contributed by atoms with Crippen LogP contribution in [0.1, 0.15) is 6.92 Å². The highest BCUT2D eigenvalue weighted by Crippen LogP contribution is 2.20. The first-order chi connectivity index (χ1) is 8.93. The summed E-state index contributed by atoms with van der Waals surface area (Å²) < 4.78 is 18.3. The average molecular weight is 270 g/mol. The Morgan fingerprint density at radius 2 is 2.16 bits per heavy atom. The van der Waals surface area contributed by atoms with Gasteiger partial charge in [-0.05, 0) is 12.1 Å². The summed E-state index contributed by atoms with van der Waals surface area (Å²) in [5, 5.41) is 13.3. The van der Waals surface area contributed by atoms with Crippen LogP contribution in [-0.4, -0.2) is 30.8 Å². The number of ether oxygens (including phenoxy) is 1. The normalized spacial score (nSPS) is 11.5. The fourth-order valence-corrected chi connectivity index (χ4v) is 1.23. The highest BCUT2D eigenvalue weighted by molar-refractivity contribution is 5.89. The second kappa shape index (κ2) is 6.58. The second-order valence-corrected chi connectivity index (χ2v) is 3.92. The number of halogens is 1. The number of benzene rings is 1. The smallest absolute Gasteiger partial charge is 0.319 e. The lowest BCUT2D eigenvalue weighted by Gasteiger charge is -2.11. The van der Waals surface area contributed by atoms with Crippen LogP contribution in [0.25, 0.3) is 0 Å². The van der Waals surface area contributed by atoms with Crippen LogP contribution in [0.15, 0.2) is 18.2 Å². The van der Waals surface area contributed by atoms with E-state index in [0.717, 1.165) is 6.07 Å². The number of amides is 2. The number of hydrogen-bond acceptors (Lipinski definition) is 3. The molecule has 6 nitrogen and oxygen atoms in total. The topological polar surface area (TPSA) is 87.7 Å². The van der Waals surface area contributed by atoms with E-state index >= 15 is 0 Å². The third-order valence-electron chi connectivity index (χ3n) is 2.41. The molecule has 1 rings (SSSR count). The number of carbonyl (C=O) groups is 2. The van der Waals surface area contributed by atoms with E-state index in [1.165, 1.54) is 26.2 Å². The molecule has 2 amide bonds. The molecule has 1 aromatic carbocycles. The molecule has 0 saturated carbocycles. The summed E-state index contributed by atoms with van der Waals surface area (Å²) in [6.07, 6.45) is 0. The van der Waals surface area contributed by atoms with Gasteiger partial charge in [0.05, 0.1) is 18.7 Å². The Labute approximate surface area is 109 Å². The minimum absolute atomic E-state index is 0.0418. The van der Waals surface area contributed by atoms with Crippen molar-refractivity contribution in [2.24, 2.45) is 5.92 Å². The summed E-state index contributed by atoms with van der Waals surface area (Å²) in [5.74, 6) is -1.95. The standard InChI is InChI=1S/C12H15FN2O4/c1-7(11(16)17)6-14-12(18)15-10-5-8(19-2)3-4-9(10)13/h3-5,7H,6H2,1-2H3,(H,16,17)(H2,14,15,18). The molecule has 0 saturated heterocycles. The second-order valence-electron chi connectivity index (χ2n) is 3.92. The van der Waals surface area contributed by atoms with E-state index in [9.17, 15) is 14.0 Å². The van der Waals surface area contributed by atoms with Crippen LogP contribution in [-0.2, 0) is 4.79 Å². The van der Waals surface area contributed by atoms with Gasteiger partial charge < -0.3 is 20.5 Å². The summed E-state index contributed by atoms with van der Waals surface area (Å²) in [4.78, 5) is 22.0. The third-order valence-corrected chi connectivity index (χ3v) is 2.41. The number of hydrogen-bond donors (Lipinski definition) is 3. The first-order valence-electron chi connectivity index (χ1n) is 5.55. The quantitative estimate of drug-likeness (QED) is 0.759. The summed E-state index contributed by atoms with van der Waals surface area (Å²) in [6, 6.07) is 3.23. The molecule has 0 aromatic heterocycles. The molecule has 7 heteroatoms. The Hall–Kier alpha value is -2.31. The van der Waals surface area contributed by atoms with Gasteiger partial charge in [-0.2, -0.15) is 0 Å². The van der Waals surface area contributed by atoms with Crippen molar-refractivity contribution < 1.29 is 23.8 Å². The Morgan fingerprint density at radius 3 is 2.74 bits per heavy atom. The van der Waals surface area contributed by atoms with Gasteiger partial charge in [-0.25, -0.2) is 9.18 Å². The van der Waals surface area contributed by atoms with Gasteiger partial charge in [0.1, 0.15) is 11.6 Å². The van der Waals surface area contributed by atoms with Crippen LogP contribution < -0.4 is 15.4 Å². The molecule has 1 unspecified atom stereocenters. The molecule has 0 bridgehead atoms. The number of carbonyl (C=O) groups excluding carboxylic acids is 1. The molecule has 0 spiro atoms. The highest BCUT2D eigenvalue weighted by Gasteiger charge is 2.13. The fourth-order valence-electron chi connectivity index (χ4n) is 1.23. The summed E-state index contributed by atoms with van der Waals surface area (Å²) in [6.45, 7) is 1.40. The largest absolute Gasteiger partial charge is 0.497 e. The van der Waals surface area contributed by atoms with Crippen LogP contribution in [0.4, 0.5) is 14.9 Å². The van der Waals surface area contributed by atoms with Crippen molar-refractivity contribution in [2.75, 3.05) is 19.0 Å². The Balaban J connectivity index is 2.59. The molecule has 0 fully saturated rings. The van der Waals surface area contributed by atoms with E-state index in [-0.39, 0.29) is 12.2 Å². The molecule has 0 aliphatic rings. The SMILES string of the molecule is COc1ccc(F)c(NC(=O)NCC(C)C(=O)O)c1. The lowest BCUT2D eigenvalue weighted by Crippen LogP contribution is -2.34. The molecule has 3 N–H and O–H groups in total. The lowest BCUT2D eigenvalue weighted by atomic mass is 10.2. The first kappa shape index (κ1) is 14.7. The maximum Gasteiger partial charge on any atom is 0.319 e. The molecule has 1 atom stereocenters. The fraction of sp³-hybridized carbons (Fsp3) is 0.333. The van der Waals surface area contributed by atoms with Crippen molar-refractivity contribution >= 4 is 17.7 Å². The zero-order valence-electron chi connectivity index (χ0n) is 10.6. The summed E-state index contributed by atoms with van der Waals surface area (Å²) >= 11 is 0. The minimum Gasteiger partial charge on any atom is -0.497 e. The number of aliphatic carboxylic acids is 1. The lowest BCUT2D eigenvalue weighted by molar-refractivity contribution is -0.140. The first-order valence-corrected chi connectivity index (χ1v) is 5.55. The molecular weight excluding hydrogens is 255 g/mol. The van der Waals surface area contributed by atoms with Crippen molar-refractivity contribution in [3.8, 4) is 5.75 Å². The van der Waals surface area contributed by atoms with Crippen LogP contribution in [0, 0.1) is 11.7 Å². The van der Waals surface area contributed by atoms with E-state index in [1.54, 1.807) is 0 Å². The number of rotatable bonds is 5. The Kier molecular flexibility index (Phi) is 5.11. The van der Waals surface area contributed by atoms with E-state index in [1.807, 2.05) is 0 Å². The van der Waals surface area contributed by atoms with Crippen molar-refractivity contribution in [1.82, 2.24) is 5.32 Å². The molecule has 0 aliphatic carbocycles. The number of urea groups is 1. The van der Waals surface area contributed by atoms with Gasteiger partial charge in [-0.15, -0.1) is 0 Å². The van der Waals surface area contributed by atoms with Gasteiger partial charge in [-0.3, -0.25) is 4.79 Å². The van der Waals surface area contributed by atoms with E-state index < -0.39 is 23.7 Å².